The van der Waals surface area contributed by atoms with E-state index in [1.165, 1.54) is 23.5 Å². The lowest BCUT2D eigenvalue weighted by Gasteiger charge is -2.15. The Morgan fingerprint density at radius 1 is 1.29 bits per heavy atom. The van der Waals surface area contributed by atoms with Crippen molar-refractivity contribution >= 4 is 11.3 Å². The van der Waals surface area contributed by atoms with E-state index in [-0.39, 0.29) is 6.04 Å². The Hall–Kier alpha value is -1.33. The molecule has 1 heterocycles. The van der Waals surface area contributed by atoms with Crippen LogP contribution in [-0.2, 0) is 0 Å². The first kappa shape index (κ1) is 12.1. The van der Waals surface area contributed by atoms with E-state index in [2.05, 4.69) is 10.3 Å². The summed E-state index contributed by atoms with van der Waals surface area (Å²) >= 11 is 1.46. The molecule has 2 rings (SSSR count). The maximum Gasteiger partial charge on any atom is 0.126 e. The van der Waals surface area contributed by atoms with Gasteiger partial charge in [0.05, 0.1) is 6.04 Å². The highest BCUT2D eigenvalue weighted by atomic mass is 32.1. The molecule has 0 aliphatic carbocycles. The summed E-state index contributed by atoms with van der Waals surface area (Å²) in [5, 5.41) is 5.82. The van der Waals surface area contributed by atoms with Gasteiger partial charge in [0.25, 0.3) is 0 Å². The summed E-state index contributed by atoms with van der Waals surface area (Å²) in [6, 6.07) is 3.27. The summed E-state index contributed by atoms with van der Waals surface area (Å²) in [6.45, 7) is 2.64. The third-order valence-electron chi connectivity index (χ3n) is 2.32. The third-order valence-corrected chi connectivity index (χ3v) is 3.17. The Labute approximate surface area is 102 Å². The lowest BCUT2D eigenvalue weighted by atomic mass is 10.1. The molecule has 0 bridgehead atoms. The topological polar surface area (TPSA) is 24.9 Å². The van der Waals surface area contributed by atoms with Crippen molar-refractivity contribution in [3.63, 3.8) is 0 Å². The first-order valence-corrected chi connectivity index (χ1v) is 6.17. The Kier molecular flexibility index (Phi) is 3.81. The van der Waals surface area contributed by atoms with E-state index in [9.17, 15) is 8.78 Å². The molecule has 2 aromatic rings. The van der Waals surface area contributed by atoms with E-state index < -0.39 is 11.6 Å². The number of halogens is 2. The van der Waals surface area contributed by atoms with Gasteiger partial charge in [-0.15, -0.1) is 11.3 Å². The Morgan fingerprint density at radius 3 is 2.53 bits per heavy atom. The number of benzene rings is 1. The van der Waals surface area contributed by atoms with Crippen LogP contribution in [0.2, 0.25) is 0 Å². The fraction of sp³-hybridized carbons (Fsp3) is 0.250. The molecule has 0 radical (unpaired) electrons. The fourth-order valence-corrected chi connectivity index (χ4v) is 2.41. The predicted molar refractivity (Wildman–Crippen MR) is 64.0 cm³/mol. The summed E-state index contributed by atoms with van der Waals surface area (Å²) in [5.41, 5.74) is 0.555. The van der Waals surface area contributed by atoms with Crippen molar-refractivity contribution in [3.05, 3.63) is 52.0 Å². The van der Waals surface area contributed by atoms with Crippen LogP contribution in [0.4, 0.5) is 8.78 Å². The van der Waals surface area contributed by atoms with Gasteiger partial charge in [0.1, 0.15) is 16.6 Å². The minimum atomic E-state index is -0.570. The molecule has 1 atom stereocenters. The van der Waals surface area contributed by atoms with Crippen molar-refractivity contribution in [2.45, 2.75) is 13.0 Å². The molecule has 0 amide bonds. The van der Waals surface area contributed by atoms with Crippen LogP contribution in [0.15, 0.2) is 29.8 Å². The molecular weight excluding hydrogens is 242 g/mol. The van der Waals surface area contributed by atoms with E-state index in [1.54, 1.807) is 6.20 Å². The van der Waals surface area contributed by atoms with Gasteiger partial charge in [-0.3, -0.25) is 0 Å². The second-order valence-corrected chi connectivity index (χ2v) is 4.49. The SMILES string of the molecule is CCNC(c1cc(F)cc(F)c1)c1nccs1. The minimum absolute atomic E-state index is 0.259. The van der Waals surface area contributed by atoms with E-state index in [4.69, 9.17) is 0 Å². The van der Waals surface area contributed by atoms with E-state index >= 15 is 0 Å². The molecule has 5 heteroatoms. The average Bonchev–Trinajstić information content (AvgIpc) is 2.77. The Bertz CT molecular complexity index is 465. The first-order valence-electron chi connectivity index (χ1n) is 5.29. The molecule has 90 valence electrons. The highest BCUT2D eigenvalue weighted by molar-refractivity contribution is 7.09. The minimum Gasteiger partial charge on any atom is -0.305 e. The second kappa shape index (κ2) is 5.33. The number of hydrogen-bond donors (Lipinski definition) is 1. The van der Waals surface area contributed by atoms with Gasteiger partial charge in [-0.2, -0.15) is 0 Å². The summed E-state index contributed by atoms with van der Waals surface area (Å²) in [4.78, 5) is 4.18. The zero-order valence-electron chi connectivity index (χ0n) is 9.28. The monoisotopic (exact) mass is 254 g/mol. The molecule has 1 N–H and O–H groups in total. The summed E-state index contributed by atoms with van der Waals surface area (Å²) in [5.74, 6) is -1.14. The van der Waals surface area contributed by atoms with Crippen LogP contribution in [0.3, 0.4) is 0 Å². The normalized spacial score (nSPS) is 12.6. The maximum absolute atomic E-state index is 13.2. The summed E-state index contributed by atoms with van der Waals surface area (Å²) < 4.78 is 26.4. The standard InChI is InChI=1S/C12H12F2N2S/c1-2-15-11(12-16-3-4-17-12)8-5-9(13)7-10(14)6-8/h3-7,11,15H,2H2,1H3. The van der Waals surface area contributed by atoms with Crippen LogP contribution < -0.4 is 5.32 Å². The maximum atomic E-state index is 13.2. The Balaban J connectivity index is 2.38. The molecular formula is C12H12F2N2S. The van der Waals surface area contributed by atoms with Crippen LogP contribution in [0.1, 0.15) is 23.5 Å². The number of nitrogens with zero attached hydrogens (tertiary/aromatic N) is 1. The van der Waals surface area contributed by atoms with Crippen molar-refractivity contribution in [1.29, 1.82) is 0 Å². The zero-order chi connectivity index (χ0) is 12.3. The van der Waals surface area contributed by atoms with Crippen LogP contribution in [0.5, 0.6) is 0 Å². The molecule has 0 aliphatic rings. The lowest BCUT2D eigenvalue weighted by Crippen LogP contribution is -2.22. The van der Waals surface area contributed by atoms with Crippen LogP contribution >= 0.6 is 11.3 Å². The molecule has 0 aliphatic heterocycles. The van der Waals surface area contributed by atoms with Gasteiger partial charge in [-0.1, -0.05) is 6.92 Å². The average molecular weight is 254 g/mol. The highest BCUT2D eigenvalue weighted by Crippen LogP contribution is 2.25. The Morgan fingerprint density at radius 2 is 2.00 bits per heavy atom. The number of hydrogen-bond acceptors (Lipinski definition) is 3. The van der Waals surface area contributed by atoms with Crippen molar-refractivity contribution in [2.75, 3.05) is 6.54 Å². The van der Waals surface area contributed by atoms with Gasteiger partial charge < -0.3 is 5.32 Å². The first-order chi connectivity index (χ1) is 8.20. The molecule has 1 aromatic heterocycles. The number of rotatable bonds is 4. The number of aromatic nitrogens is 1. The molecule has 17 heavy (non-hydrogen) atoms. The molecule has 1 aromatic carbocycles. The van der Waals surface area contributed by atoms with Crippen LogP contribution in [0.25, 0.3) is 0 Å². The van der Waals surface area contributed by atoms with E-state index in [1.807, 2.05) is 12.3 Å². The van der Waals surface area contributed by atoms with Gasteiger partial charge in [-0.05, 0) is 24.2 Å². The molecule has 0 fully saturated rings. The lowest BCUT2D eigenvalue weighted by molar-refractivity contribution is 0.564. The van der Waals surface area contributed by atoms with Crippen LogP contribution in [-0.4, -0.2) is 11.5 Å². The third kappa shape index (κ3) is 2.87. The van der Waals surface area contributed by atoms with Gasteiger partial charge >= 0.3 is 0 Å². The van der Waals surface area contributed by atoms with Crippen molar-refractivity contribution in [2.24, 2.45) is 0 Å². The fourth-order valence-electron chi connectivity index (χ4n) is 1.67. The second-order valence-electron chi connectivity index (χ2n) is 3.56. The summed E-state index contributed by atoms with van der Waals surface area (Å²) in [7, 11) is 0. The molecule has 0 spiro atoms. The van der Waals surface area contributed by atoms with Crippen molar-refractivity contribution in [3.8, 4) is 0 Å². The van der Waals surface area contributed by atoms with Gasteiger partial charge in [-0.25, -0.2) is 13.8 Å². The predicted octanol–water partition coefficient (Wildman–Crippen LogP) is 3.12. The molecule has 0 saturated heterocycles. The number of nitrogens with one attached hydrogen (secondary N) is 1. The quantitative estimate of drug-likeness (QED) is 0.906. The molecule has 2 nitrogen and oxygen atoms in total. The molecule has 0 saturated carbocycles. The van der Waals surface area contributed by atoms with Gasteiger partial charge in [0.15, 0.2) is 0 Å². The van der Waals surface area contributed by atoms with E-state index in [0.717, 1.165) is 11.1 Å². The highest BCUT2D eigenvalue weighted by Gasteiger charge is 2.17. The van der Waals surface area contributed by atoms with Crippen molar-refractivity contribution < 1.29 is 8.78 Å². The van der Waals surface area contributed by atoms with E-state index in [0.29, 0.717) is 12.1 Å². The molecule has 1 unspecified atom stereocenters. The number of thiazole rings is 1. The van der Waals surface area contributed by atoms with Gasteiger partial charge in [0, 0.05) is 17.6 Å². The van der Waals surface area contributed by atoms with Gasteiger partial charge in [0.2, 0.25) is 0 Å². The zero-order valence-corrected chi connectivity index (χ0v) is 10.1. The van der Waals surface area contributed by atoms with Crippen molar-refractivity contribution in [1.82, 2.24) is 10.3 Å². The summed E-state index contributed by atoms with van der Waals surface area (Å²) in [6.07, 6.45) is 1.68. The smallest absolute Gasteiger partial charge is 0.126 e. The van der Waals surface area contributed by atoms with Crippen LogP contribution in [0, 0.1) is 11.6 Å². The largest absolute Gasteiger partial charge is 0.305 e.